The van der Waals surface area contributed by atoms with Gasteiger partial charge in [0.15, 0.2) is 4.98 Å². The van der Waals surface area contributed by atoms with Crippen LogP contribution in [-0.2, 0) is 18.1 Å². The summed E-state index contributed by atoms with van der Waals surface area (Å²) in [6.07, 6.45) is -1.10. The van der Waals surface area contributed by atoms with Gasteiger partial charge in [-0.15, -0.1) is 0 Å². The van der Waals surface area contributed by atoms with Gasteiger partial charge in [-0.1, -0.05) is 18.2 Å². The van der Waals surface area contributed by atoms with E-state index in [0.29, 0.717) is 5.56 Å². The van der Waals surface area contributed by atoms with Gasteiger partial charge in [-0.2, -0.15) is 4.52 Å². The van der Waals surface area contributed by atoms with Gasteiger partial charge < -0.3 is 0 Å². The normalized spacial score (nSPS) is 13.1. The van der Waals surface area contributed by atoms with Gasteiger partial charge in [0.1, 0.15) is 0 Å². The summed E-state index contributed by atoms with van der Waals surface area (Å²) in [5.74, 6) is 0. The zero-order valence-electron chi connectivity index (χ0n) is 8.94. The number of benzene rings is 1. The first-order valence-corrected chi connectivity index (χ1v) is 5.90. The van der Waals surface area contributed by atoms with Gasteiger partial charge in [0.05, 0.1) is 5.56 Å². The fourth-order valence-corrected chi connectivity index (χ4v) is 1.78. The molecule has 0 aromatic heterocycles. The highest BCUT2D eigenvalue weighted by atomic mass is 31.2. The molecular formula is C9H12N2O4P+. The largest absolute Gasteiger partial charge is 0.480 e. The number of hydrogen-bond acceptors (Lipinski definition) is 5. The molecule has 0 bridgehead atoms. The molecule has 16 heavy (non-hydrogen) atoms. The maximum Gasteiger partial charge on any atom is 0.480 e. The molecular weight excluding hydrogens is 231 g/mol. The summed E-state index contributed by atoms with van der Waals surface area (Å²) in [6, 6.07) is 8.60. The lowest BCUT2D eigenvalue weighted by atomic mass is 10.2. The molecule has 1 aromatic carbocycles. The van der Waals surface area contributed by atoms with E-state index in [1.54, 1.807) is 30.3 Å². The standard InChI is InChI=1S/C9H12N2O4P/c1-13-16(12,14-2)15-9(11-10)8-6-4-3-5-7-8/h3-7,9H,1-2H3/q+1. The summed E-state index contributed by atoms with van der Waals surface area (Å²) in [7, 11) is -1.30. The van der Waals surface area contributed by atoms with Crippen LogP contribution in [0.2, 0.25) is 0 Å². The van der Waals surface area contributed by atoms with Gasteiger partial charge in [-0.05, 0) is 12.1 Å². The van der Waals surface area contributed by atoms with Gasteiger partial charge >= 0.3 is 14.1 Å². The number of phosphoric ester groups is 1. The first-order chi connectivity index (χ1) is 7.65. The van der Waals surface area contributed by atoms with Crippen LogP contribution >= 0.6 is 7.82 Å². The molecule has 0 radical (unpaired) electrons. The van der Waals surface area contributed by atoms with Crippen LogP contribution in [0.3, 0.4) is 0 Å². The van der Waals surface area contributed by atoms with Crippen molar-refractivity contribution in [1.29, 1.82) is 5.39 Å². The molecule has 0 heterocycles. The van der Waals surface area contributed by atoms with E-state index in [4.69, 9.17) is 9.92 Å². The van der Waals surface area contributed by atoms with E-state index in [1.807, 2.05) is 0 Å². The van der Waals surface area contributed by atoms with Crippen LogP contribution < -0.4 is 0 Å². The predicted molar refractivity (Wildman–Crippen MR) is 57.0 cm³/mol. The molecule has 6 nitrogen and oxygen atoms in total. The molecule has 1 atom stereocenters. The van der Waals surface area contributed by atoms with E-state index in [1.165, 1.54) is 14.2 Å². The maximum absolute atomic E-state index is 11.7. The third kappa shape index (κ3) is 3.12. The maximum atomic E-state index is 11.7. The molecule has 0 aliphatic carbocycles. The molecule has 7 heteroatoms. The highest BCUT2D eigenvalue weighted by molar-refractivity contribution is 7.48. The summed E-state index contributed by atoms with van der Waals surface area (Å²) in [5.41, 5.74) is 0.541. The number of phosphoric acid groups is 1. The Morgan fingerprint density at radius 2 is 1.81 bits per heavy atom. The fourth-order valence-electron chi connectivity index (χ4n) is 1.05. The van der Waals surface area contributed by atoms with E-state index in [2.05, 4.69) is 14.0 Å². The lowest BCUT2D eigenvalue weighted by molar-refractivity contribution is 0.124. The van der Waals surface area contributed by atoms with E-state index in [9.17, 15) is 4.57 Å². The second kappa shape index (κ2) is 5.73. The minimum atomic E-state index is -3.67. The van der Waals surface area contributed by atoms with E-state index in [0.717, 1.165) is 0 Å². The second-order valence-electron chi connectivity index (χ2n) is 2.80. The van der Waals surface area contributed by atoms with Crippen LogP contribution in [0.5, 0.6) is 0 Å². The number of hydrogen-bond donors (Lipinski definition) is 0. The highest BCUT2D eigenvalue weighted by Gasteiger charge is 2.36. The van der Waals surface area contributed by atoms with Gasteiger partial charge in [0.25, 0.3) is 0 Å². The summed E-state index contributed by atoms with van der Waals surface area (Å²) in [5, 5.41) is 8.80. The SMILES string of the molecule is COP(=O)(OC)OC([N+]#N)c1ccccc1. The zero-order chi connectivity index (χ0) is 12.0. The Morgan fingerprint density at radius 1 is 1.25 bits per heavy atom. The number of diazo groups is 1. The van der Waals surface area contributed by atoms with Crippen LogP contribution in [0.4, 0.5) is 0 Å². The van der Waals surface area contributed by atoms with Gasteiger partial charge in [-0.3, -0.25) is 9.05 Å². The average Bonchev–Trinajstić information content (AvgIpc) is 2.36. The molecule has 0 fully saturated rings. The van der Waals surface area contributed by atoms with Crippen molar-refractivity contribution in [3.63, 3.8) is 0 Å². The fraction of sp³-hybridized carbons (Fsp3) is 0.333. The van der Waals surface area contributed by atoms with Crippen molar-refractivity contribution in [1.82, 2.24) is 0 Å². The minimum absolute atomic E-state index is 0.541. The molecule has 0 N–H and O–H groups in total. The zero-order valence-corrected chi connectivity index (χ0v) is 9.83. The Bertz CT molecular complexity index is 409. The van der Waals surface area contributed by atoms with Crippen molar-refractivity contribution >= 4 is 7.82 Å². The van der Waals surface area contributed by atoms with Crippen molar-refractivity contribution in [2.75, 3.05) is 14.2 Å². The Hall–Kier alpha value is -1.25. The lowest BCUT2D eigenvalue weighted by Gasteiger charge is -2.11. The van der Waals surface area contributed by atoms with Crippen LogP contribution in [0.1, 0.15) is 11.8 Å². The van der Waals surface area contributed by atoms with Crippen molar-refractivity contribution < 1.29 is 18.1 Å². The molecule has 1 unspecified atom stereocenters. The van der Waals surface area contributed by atoms with Crippen LogP contribution in [0.25, 0.3) is 4.98 Å². The highest BCUT2D eigenvalue weighted by Crippen LogP contribution is 2.51. The molecule has 1 rings (SSSR count). The van der Waals surface area contributed by atoms with E-state index >= 15 is 0 Å². The summed E-state index contributed by atoms with van der Waals surface area (Å²) >= 11 is 0. The van der Waals surface area contributed by atoms with Crippen molar-refractivity contribution in [3.05, 3.63) is 40.9 Å². The van der Waals surface area contributed by atoms with Gasteiger partial charge in [0.2, 0.25) is 5.39 Å². The second-order valence-corrected chi connectivity index (χ2v) is 4.63. The van der Waals surface area contributed by atoms with Crippen molar-refractivity contribution in [3.8, 4) is 0 Å². The average molecular weight is 243 g/mol. The topological polar surface area (TPSA) is 72.9 Å². The van der Waals surface area contributed by atoms with Crippen LogP contribution in [0.15, 0.2) is 30.3 Å². The minimum Gasteiger partial charge on any atom is -0.290 e. The summed E-state index contributed by atoms with van der Waals surface area (Å²) in [4.78, 5) is 2.98. The Balaban J connectivity index is 2.87. The molecule has 0 saturated heterocycles. The van der Waals surface area contributed by atoms with E-state index < -0.39 is 14.1 Å². The molecule has 0 aliphatic rings. The lowest BCUT2D eigenvalue weighted by Crippen LogP contribution is -2.01. The van der Waals surface area contributed by atoms with Crippen LogP contribution in [-0.4, -0.2) is 14.2 Å². The summed E-state index contributed by atoms with van der Waals surface area (Å²) < 4.78 is 25.8. The van der Waals surface area contributed by atoms with Gasteiger partial charge in [0, 0.05) is 14.2 Å². The Labute approximate surface area is 93.4 Å². The Morgan fingerprint density at radius 3 is 2.25 bits per heavy atom. The van der Waals surface area contributed by atoms with E-state index in [-0.39, 0.29) is 0 Å². The molecule has 0 spiro atoms. The first kappa shape index (κ1) is 12.8. The van der Waals surface area contributed by atoms with Crippen molar-refractivity contribution in [2.45, 2.75) is 6.23 Å². The monoisotopic (exact) mass is 243 g/mol. The summed E-state index contributed by atoms with van der Waals surface area (Å²) in [6.45, 7) is 0. The molecule has 0 saturated carbocycles. The Kier molecular flexibility index (Phi) is 4.59. The number of nitrogens with zero attached hydrogens (tertiary/aromatic N) is 2. The smallest absolute Gasteiger partial charge is 0.290 e. The van der Waals surface area contributed by atoms with Crippen molar-refractivity contribution in [2.24, 2.45) is 0 Å². The predicted octanol–water partition coefficient (Wildman–Crippen LogP) is 2.96. The number of rotatable bonds is 5. The van der Waals surface area contributed by atoms with Crippen LogP contribution in [0, 0.1) is 5.39 Å². The quantitative estimate of drug-likeness (QED) is 0.587. The molecule has 1 aromatic rings. The third-order valence-corrected chi connectivity index (χ3v) is 3.22. The first-order valence-electron chi connectivity index (χ1n) is 4.44. The third-order valence-electron chi connectivity index (χ3n) is 1.87. The molecule has 86 valence electrons. The molecule has 0 amide bonds. The molecule has 0 aliphatic heterocycles. The van der Waals surface area contributed by atoms with Gasteiger partial charge in [-0.25, -0.2) is 4.57 Å².